The van der Waals surface area contributed by atoms with Crippen LogP contribution < -0.4 is 16.0 Å². The highest BCUT2D eigenvalue weighted by molar-refractivity contribution is 7.92. The lowest BCUT2D eigenvalue weighted by atomic mass is 10.2. The lowest BCUT2D eigenvalue weighted by molar-refractivity contribution is -0.137. The van der Waals surface area contributed by atoms with E-state index in [2.05, 4.69) is 4.98 Å². The maximum absolute atomic E-state index is 12.4. The minimum atomic E-state index is -4.55. The smallest absolute Gasteiger partial charge is 0.310 e. The Morgan fingerprint density at radius 1 is 1.04 bits per heavy atom. The number of aromatic nitrogens is 2. The first-order valence-corrected chi connectivity index (χ1v) is 7.52. The number of hydrogen-bond acceptors (Lipinski definition) is 4. The van der Waals surface area contributed by atoms with Crippen molar-refractivity contribution in [1.82, 2.24) is 9.97 Å². The van der Waals surface area contributed by atoms with Gasteiger partial charge in [0.15, 0.2) is 4.90 Å². The van der Waals surface area contributed by atoms with Gasteiger partial charge in [-0.05, 0) is 31.2 Å². The van der Waals surface area contributed by atoms with E-state index in [1.807, 2.05) is 4.72 Å². The van der Waals surface area contributed by atoms with Crippen LogP contribution >= 0.6 is 0 Å². The molecule has 1 aromatic heterocycles. The van der Waals surface area contributed by atoms with Gasteiger partial charge >= 0.3 is 11.9 Å². The highest BCUT2D eigenvalue weighted by atomic mass is 32.2. The Morgan fingerprint density at radius 3 is 2.09 bits per heavy atom. The second kappa shape index (κ2) is 5.57. The third kappa shape index (κ3) is 3.62. The summed E-state index contributed by atoms with van der Waals surface area (Å²) in [6, 6.07) is 3.22. The Hall–Kier alpha value is -2.56. The molecule has 0 fully saturated rings. The fourth-order valence-corrected chi connectivity index (χ4v) is 3.14. The quantitative estimate of drug-likeness (QED) is 0.773. The van der Waals surface area contributed by atoms with Crippen LogP contribution in [0.5, 0.6) is 0 Å². The number of alkyl halides is 3. The third-order valence-corrected chi connectivity index (χ3v) is 4.34. The third-order valence-electron chi connectivity index (χ3n) is 2.81. The molecule has 23 heavy (non-hydrogen) atoms. The first kappa shape index (κ1) is 16.8. The number of benzene rings is 1. The van der Waals surface area contributed by atoms with Gasteiger partial charge in [-0.25, -0.2) is 13.2 Å². The number of H-pyrrole nitrogens is 2. The second-order valence-electron chi connectivity index (χ2n) is 4.54. The lowest BCUT2D eigenvalue weighted by Crippen LogP contribution is -2.31. The van der Waals surface area contributed by atoms with Gasteiger partial charge in [-0.15, -0.1) is 0 Å². The van der Waals surface area contributed by atoms with Crippen LogP contribution in [0.3, 0.4) is 0 Å². The topological polar surface area (TPSA) is 112 Å². The monoisotopic (exact) mass is 349 g/mol. The summed E-state index contributed by atoms with van der Waals surface area (Å²) in [5.74, 6) is 0. The van der Waals surface area contributed by atoms with Crippen molar-refractivity contribution in [3.63, 3.8) is 0 Å². The summed E-state index contributed by atoms with van der Waals surface area (Å²) in [6.07, 6.45) is -4.55. The molecule has 11 heteroatoms. The molecule has 0 saturated carbocycles. The molecule has 7 nitrogen and oxygen atoms in total. The summed E-state index contributed by atoms with van der Waals surface area (Å²) < 4.78 is 63.6. The molecule has 1 aromatic carbocycles. The zero-order chi connectivity index (χ0) is 17.4. The van der Waals surface area contributed by atoms with Gasteiger partial charge in [0.25, 0.3) is 15.6 Å². The molecule has 0 spiro atoms. The molecule has 0 aliphatic heterocycles. The number of nitrogens with one attached hydrogen (secondary N) is 3. The van der Waals surface area contributed by atoms with Crippen LogP contribution in [0.1, 0.15) is 11.3 Å². The molecule has 1 heterocycles. The van der Waals surface area contributed by atoms with Crippen LogP contribution in [0.15, 0.2) is 38.8 Å². The molecule has 2 aromatic rings. The van der Waals surface area contributed by atoms with Crippen LogP contribution in [0.2, 0.25) is 0 Å². The Bertz CT molecular complexity index is 943. The van der Waals surface area contributed by atoms with Gasteiger partial charge in [0.2, 0.25) is 0 Å². The van der Waals surface area contributed by atoms with Gasteiger partial charge in [0.1, 0.15) is 0 Å². The fourth-order valence-electron chi connectivity index (χ4n) is 1.85. The maximum atomic E-state index is 12.4. The van der Waals surface area contributed by atoms with Crippen molar-refractivity contribution in [2.75, 3.05) is 4.72 Å². The van der Waals surface area contributed by atoms with Gasteiger partial charge in [0, 0.05) is 11.4 Å². The molecule has 0 saturated heterocycles. The first-order valence-electron chi connectivity index (χ1n) is 6.04. The van der Waals surface area contributed by atoms with Crippen molar-refractivity contribution in [2.45, 2.75) is 18.0 Å². The van der Waals surface area contributed by atoms with Gasteiger partial charge in [0.05, 0.1) is 5.56 Å². The lowest BCUT2D eigenvalue weighted by Gasteiger charge is -2.10. The summed E-state index contributed by atoms with van der Waals surface area (Å²) in [5.41, 5.74) is -3.31. The van der Waals surface area contributed by atoms with Crippen LogP contribution in [-0.2, 0) is 16.2 Å². The van der Waals surface area contributed by atoms with Crippen molar-refractivity contribution in [3.05, 3.63) is 56.4 Å². The van der Waals surface area contributed by atoms with E-state index in [0.29, 0.717) is 12.1 Å². The van der Waals surface area contributed by atoms with Crippen LogP contribution in [-0.4, -0.2) is 18.4 Å². The minimum Gasteiger partial charge on any atom is -0.310 e. The summed E-state index contributed by atoms with van der Waals surface area (Å²) in [6.45, 7) is 1.21. The van der Waals surface area contributed by atoms with E-state index in [4.69, 9.17) is 0 Å². The van der Waals surface area contributed by atoms with Crippen LogP contribution in [0, 0.1) is 6.92 Å². The minimum absolute atomic E-state index is 0.164. The molecule has 0 unspecified atom stereocenters. The molecule has 0 amide bonds. The molecular formula is C12H10F3N3O4S. The number of hydrogen-bond donors (Lipinski definition) is 3. The van der Waals surface area contributed by atoms with Crippen LogP contribution in [0.25, 0.3) is 0 Å². The summed E-state index contributed by atoms with van der Waals surface area (Å²) >= 11 is 0. The molecule has 2 rings (SSSR count). The predicted molar refractivity (Wildman–Crippen MR) is 74.7 cm³/mol. The Morgan fingerprint density at radius 2 is 1.61 bits per heavy atom. The van der Waals surface area contributed by atoms with Crippen molar-refractivity contribution in [1.29, 1.82) is 0 Å². The Labute approximate surface area is 127 Å². The van der Waals surface area contributed by atoms with E-state index in [-0.39, 0.29) is 11.4 Å². The number of rotatable bonds is 3. The van der Waals surface area contributed by atoms with E-state index < -0.39 is 37.9 Å². The van der Waals surface area contributed by atoms with Crippen molar-refractivity contribution < 1.29 is 21.6 Å². The first-order chi connectivity index (χ1) is 10.5. The van der Waals surface area contributed by atoms with E-state index in [0.717, 1.165) is 12.1 Å². The van der Waals surface area contributed by atoms with Crippen molar-refractivity contribution in [3.8, 4) is 0 Å². The van der Waals surface area contributed by atoms with Gasteiger partial charge < -0.3 is 4.98 Å². The molecule has 0 atom stereocenters. The SMILES string of the molecule is Cc1[nH]c(=O)[nH]c(=O)c1S(=O)(=O)Nc1ccc(C(F)(F)F)cc1. The summed E-state index contributed by atoms with van der Waals surface area (Å²) in [4.78, 5) is 25.8. The van der Waals surface area contributed by atoms with Crippen molar-refractivity contribution >= 4 is 15.7 Å². The van der Waals surface area contributed by atoms with E-state index >= 15 is 0 Å². The van der Waals surface area contributed by atoms with Crippen molar-refractivity contribution in [2.24, 2.45) is 0 Å². The largest absolute Gasteiger partial charge is 0.416 e. The molecule has 0 aliphatic rings. The summed E-state index contributed by atoms with van der Waals surface area (Å²) in [7, 11) is -4.38. The van der Waals surface area contributed by atoms with E-state index in [1.54, 1.807) is 4.98 Å². The zero-order valence-electron chi connectivity index (χ0n) is 11.5. The molecule has 0 bridgehead atoms. The normalized spacial score (nSPS) is 12.2. The average molecular weight is 349 g/mol. The van der Waals surface area contributed by atoms with Gasteiger partial charge in [-0.2, -0.15) is 13.2 Å². The molecule has 3 N–H and O–H groups in total. The summed E-state index contributed by atoms with van der Waals surface area (Å²) in [5, 5.41) is 0. The number of halogens is 3. The average Bonchev–Trinajstić information content (AvgIpc) is 2.35. The van der Waals surface area contributed by atoms with E-state index in [9.17, 15) is 31.2 Å². The second-order valence-corrected chi connectivity index (χ2v) is 6.16. The number of aromatic amines is 2. The Balaban J connectivity index is 2.40. The Kier molecular flexibility index (Phi) is 4.07. The fraction of sp³-hybridized carbons (Fsp3) is 0.167. The predicted octanol–water partition coefficient (Wildman–Crippen LogP) is 1.19. The van der Waals surface area contributed by atoms with E-state index in [1.165, 1.54) is 6.92 Å². The molecule has 0 radical (unpaired) electrons. The number of sulfonamides is 1. The zero-order valence-corrected chi connectivity index (χ0v) is 12.3. The highest BCUT2D eigenvalue weighted by Crippen LogP contribution is 2.30. The maximum Gasteiger partial charge on any atom is 0.416 e. The molecular weight excluding hydrogens is 339 g/mol. The molecule has 124 valence electrons. The van der Waals surface area contributed by atoms with Gasteiger partial charge in [-0.3, -0.25) is 14.5 Å². The van der Waals surface area contributed by atoms with Gasteiger partial charge in [-0.1, -0.05) is 0 Å². The highest BCUT2D eigenvalue weighted by Gasteiger charge is 2.30. The number of aryl methyl sites for hydroxylation is 1. The number of anilines is 1. The van der Waals surface area contributed by atoms with Crippen LogP contribution in [0.4, 0.5) is 18.9 Å². The standard InChI is InChI=1S/C12H10F3N3O4S/c1-6-9(10(19)17-11(20)16-6)23(21,22)18-8-4-2-7(3-5-8)12(13,14)15/h2-5,18H,1H3,(H2,16,17,19,20). The molecule has 0 aliphatic carbocycles.